The van der Waals surface area contributed by atoms with Gasteiger partial charge >= 0.3 is 0 Å². The van der Waals surface area contributed by atoms with Gasteiger partial charge in [0.05, 0.1) is 17.1 Å². The molecule has 1 saturated heterocycles. The number of likely N-dealkylation sites (tertiary alicyclic amines) is 1. The molecule has 0 N–H and O–H groups in total. The molecule has 0 aromatic carbocycles. The Bertz CT molecular complexity index is 330. The first kappa shape index (κ1) is 9.58. The molecule has 14 heavy (non-hydrogen) atoms. The monoisotopic (exact) mass is 255 g/mol. The van der Waals surface area contributed by atoms with Crippen molar-refractivity contribution in [3.05, 3.63) is 24.3 Å². The van der Waals surface area contributed by atoms with E-state index in [1.807, 2.05) is 11.0 Å². The van der Waals surface area contributed by atoms with E-state index in [1.165, 1.54) is 6.33 Å². The van der Waals surface area contributed by atoms with Crippen LogP contribution in [0.2, 0.25) is 0 Å². The predicted octanol–water partition coefficient (Wildman–Crippen LogP) is 0.972. The maximum atomic E-state index is 11.5. The Morgan fingerprint density at radius 3 is 3.07 bits per heavy atom. The molecule has 1 fully saturated rings. The van der Waals surface area contributed by atoms with Crippen LogP contribution in [0.25, 0.3) is 0 Å². The number of hydrogen-bond acceptors (Lipinski definition) is 3. The van der Waals surface area contributed by atoms with Crippen molar-refractivity contribution in [3.8, 4) is 0 Å². The third-order valence-electron chi connectivity index (χ3n) is 2.23. The lowest BCUT2D eigenvalue weighted by Gasteiger charge is -2.14. The van der Waals surface area contributed by atoms with Crippen LogP contribution in [0.1, 0.15) is 12.1 Å². The lowest BCUT2D eigenvalue weighted by atomic mass is 10.4. The summed E-state index contributed by atoms with van der Waals surface area (Å²) >= 11 is 3.33. The summed E-state index contributed by atoms with van der Waals surface area (Å²) in [6, 6.07) is 1.83. The van der Waals surface area contributed by atoms with Crippen molar-refractivity contribution in [2.75, 3.05) is 6.54 Å². The molecule has 0 bridgehead atoms. The summed E-state index contributed by atoms with van der Waals surface area (Å²) < 4.78 is 0. The summed E-state index contributed by atoms with van der Waals surface area (Å²) in [4.78, 5) is 21.3. The number of alkyl halides is 1. The zero-order valence-corrected chi connectivity index (χ0v) is 9.14. The second-order valence-corrected chi connectivity index (χ2v) is 4.32. The van der Waals surface area contributed by atoms with Gasteiger partial charge in [-0.2, -0.15) is 0 Å². The van der Waals surface area contributed by atoms with Gasteiger partial charge in [-0.3, -0.25) is 4.79 Å². The van der Waals surface area contributed by atoms with Crippen molar-refractivity contribution in [2.24, 2.45) is 0 Å². The highest BCUT2D eigenvalue weighted by molar-refractivity contribution is 9.10. The van der Waals surface area contributed by atoms with Crippen LogP contribution in [0, 0.1) is 0 Å². The van der Waals surface area contributed by atoms with Crippen LogP contribution >= 0.6 is 15.9 Å². The number of amides is 1. The van der Waals surface area contributed by atoms with Crippen LogP contribution in [-0.4, -0.2) is 32.1 Å². The molecule has 0 radical (unpaired) electrons. The first-order chi connectivity index (χ1) is 6.77. The molecule has 2 heterocycles. The van der Waals surface area contributed by atoms with Crippen molar-refractivity contribution in [1.29, 1.82) is 0 Å². The van der Waals surface area contributed by atoms with E-state index in [4.69, 9.17) is 0 Å². The van der Waals surface area contributed by atoms with Crippen LogP contribution in [-0.2, 0) is 11.3 Å². The quantitative estimate of drug-likeness (QED) is 0.741. The fourth-order valence-electron chi connectivity index (χ4n) is 1.47. The Balaban J connectivity index is 2.02. The largest absolute Gasteiger partial charge is 0.336 e. The molecule has 1 aliphatic heterocycles. The Hall–Kier alpha value is -0.970. The van der Waals surface area contributed by atoms with E-state index in [0.29, 0.717) is 6.54 Å². The van der Waals surface area contributed by atoms with Gasteiger partial charge in [-0.15, -0.1) is 0 Å². The van der Waals surface area contributed by atoms with Gasteiger partial charge in [-0.05, 0) is 12.5 Å². The van der Waals surface area contributed by atoms with Crippen molar-refractivity contribution in [3.63, 3.8) is 0 Å². The molecule has 0 spiro atoms. The van der Waals surface area contributed by atoms with Crippen LogP contribution < -0.4 is 0 Å². The molecule has 4 nitrogen and oxygen atoms in total. The third kappa shape index (κ3) is 1.92. The third-order valence-corrected chi connectivity index (χ3v) is 3.08. The summed E-state index contributed by atoms with van der Waals surface area (Å²) in [7, 11) is 0. The zero-order valence-electron chi connectivity index (χ0n) is 7.56. The fraction of sp³-hybridized carbons (Fsp3) is 0.444. The minimum absolute atomic E-state index is 0.00987. The number of rotatable bonds is 2. The molecule has 2 rings (SSSR count). The van der Waals surface area contributed by atoms with Gasteiger partial charge in [0, 0.05) is 12.7 Å². The van der Waals surface area contributed by atoms with E-state index >= 15 is 0 Å². The Morgan fingerprint density at radius 2 is 2.50 bits per heavy atom. The summed E-state index contributed by atoms with van der Waals surface area (Å²) in [6.45, 7) is 1.39. The smallest absolute Gasteiger partial charge is 0.236 e. The number of carbonyl (C=O) groups excluding carboxylic acids is 1. The number of nitrogens with zero attached hydrogens (tertiary/aromatic N) is 3. The summed E-state index contributed by atoms with van der Waals surface area (Å²) in [5.74, 6) is 0.156. The van der Waals surface area contributed by atoms with E-state index in [2.05, 4.69) is 25.9 Å². The molecule has 0 aliphatic carbocycles. The molecule has 1 amide bonds. The minimum Gasteiger partial charge on any atom is -0.336 e. The normalized spacial score (nSPS) is 21.6. The number of aromatic nitrogens is 2. The van der Waals surface area contributed by atoms with Gasteiger partial charge in [-0.1, -0.05) is 15.9 Å². The van der Waals surface area contributed by atoms with E-state index in [0.717, 1.165) is 18.7 Å². The Morgan fingerprint density at radius 1 is 1.64 bits per heavy atom. The molecular weight excluding hydrogens is 246 g/mol. The van der Waals surface area contributed by atoms with E-state index in [-0.39, 0.29) is 10.7 Å². The first-order valence-electron chi connectivity index (χ1n) is 4.45. The van der Waals surface area contributed by atoms with Gasteiger partial charge in [-0.25, -0.2) is 9.97 Å². The van der Waals surface area contributed by atoms with Crippen LogP contribution in [0.3, 0.4) is 0 Å². The molecule has 1 aliphatic rings. The lowest BCUT2D eigenvalue weighted by molar-refractivity contribution is -0.127. The highest BCUT2D eigenvalue weighted by Gasteiger charge is 2.29. The van der Waals surface area contributed by atoms with Crippen molar-refractivity contribution >= 4 is 21.8 Å². The first-order valence-corrected chi connectivity index (χ1v) is 5.36. The molecule has 1 unspecified atom stereocenters. The van der Waals surface area contributed by atoms with Crippen LogP contribution in [0.15, 0.2) is 18.6 Å². The highest BCUT2D eigenvalue weighted by Crippen LogP contribution is 2.19. The SMILES string of the molecule is O=C1C(Br)CCN1Cc1ccncn1. The van der Waals surface area contributed by atoms with Crippen LogP contribution in [0.5, 0.6) is 0 Å². The standard InChI is InChI=1S/C9H10BrN3O/c10-8-2-4-13(9(8)14)5-7-1-3-11-6-12-7/h1,3,6,8H,2,4-5H2. The number of carbonyl (C=O) groups is 1. The molecular formula is C9H10BrN3O. The highest BCUT2D eigenvalue weighted by atomic mass is 79.9. The van der Waals surface area contributed by atoms with Crippen LogP contribution in [0.4, 0.5) is 0 Å². The minimum atomic E-state index is -0.00987. The fourth-order valence-corrected chi connectivity index (χ4v) is 1.96. The number of hydrogen-bond donors (Lipinski definition) is 0. The molecule has 74 valence electrons. The van der Waals surface area contributed by atoms with Gasteiger partial charge in [0.25, 0.3) is 0 Å². The Labute approximate surface area is 90.5 Å². The average Bonchev–Trinajstić information content (AvgIpc) is 2.52. The van der Waals surface area contributed by atoms with Crippen molar-refractivity contribution in [1.82, 2.24) is 14.9 Å². The lowest BCUT2D eigenvalue weighted by Crippen LogP contribution is -2.27. The molecule has 1 aromatic heterocycles. The van der Waals surface area contributed by atoms with E-state index < -0.39 is 0 Å². The second-order valence-electron chi connectivity index (χ2n) is 3.22. The molecule has 0 saturated carbocycles. The van der Waals surface area contributed by atoms with Gasteiger partial charge < -0.3 is 4.90 Å². The topological polar surface area (TPSA) is 46.1 Å². The van der Waals surface area contributed by atoms with Gasteiger partial charge in [0.1, 0.15) is 6.33 Å². The maximum absolute atomic E-state index is 11.5. The van der Waals surface area contributed by atoms with Gasteiger partial charge in [0.15, 0.2) is 0 Å². The predicted molar refractivity (Wildman–Crippen MR) is 54.8 cm³/mol. The molecule has 5 heteroatoms. The molecule has 1 aromatic rings. The maximum Gasteiger partial charge on any atom is 0.236 e. The molecule has 1 atom stereocenters. The van der Waals surface area contributed by atoms with E-state index in [9.17, 15) is 4.79 Å². The van der Waals surface area contributed by atoms with Gasteiger partial charge in [0.2, 0.25) is 5.91 Å². The van der Waals surface area contributed by atoms with E-state index in [1.54, 1.807) is 6.20 Å². The average molecular weight is 256 g/mol. The van der Waals surface area contributed by atoms with Crippen molar-refractivity contribution < 1.29 is 4.79 Å². The number of halogens is 1. The Kier molecular flexibility index (Phi) is 2.77. The second kappa shape index (κ2) is 4.04. The summed E-state index contributed by atoms with van der Waals surface area (Å²) in [5.41, 5.74) is 0.884. The van der Waals surface area contributed by atoms with Crippen molar-refractivity contribution in [2.45, 2.75) is 17.8 Å². The summed E-state index contributed by atoms with van der Waals surface area (Å²) in [5, 5.41) is 0. The summed E-state index contributed by atoms with van der Waals surface area (Å²) in [6.07, 6.45) is 4.07. The zero-order chi connectivity index (χ0) is 9.97.